The Bertz CT molecular complexity index is 672. The van der Waals surface area contributed by atoms with E-state index in [9.17, 15) is 14.0 Å². The van der Waals surface area contributed by atoms with Crippen LogP contribution in [0.4, 0.5) is 9.18 Å². The lowest BCUT2D eigenvalue weighted by molar-refractivity contribution is -0.143. The standard InChI is InChI=1S/C19H23FN2O3/c20-16-7-3-13(4-8-16)14-5-9-17(10-6-14)21-19(25)22-11-1-2-15(12-22)18(23)24/h3-5,7-8,15,17H,1-2,6,9-12H2,(H,21,25)(H,23,24)/t15-,17?/m0/s1. The second-order valence-corrected chi connectivity index (χ2v) is 6.78. The number of nitrogens with zero attached hydrogens (tertiary/aromatic N) is 1. The molecule has 1 aliphatic heterocycles. The van der Waals surface area contributed by atoms with Gasteiger partial charge in [0, 0.05) is 19.1 Å². The lowest BCUT2D eigenvalue weighted by Crippen LogP contribution is -2.49. The number of carbonyl (C=O) groups is 2. The molecule has 3 rings (SSSR count). The van der Waals surface area contributed by atoms with Crippen molar-refractivity contribution in [2.45, 2.75) is 38.1 Å². The van der Waals surface area contributed by atoms with Crippen LogP contribution in [0.15, 0.2) is 30.3 Å². The van der Waals surface area contributed by atoms with Gasteiger partial charge in [0.25, 0.3) is 0 Å². The molecule has 0 bridgehead atoms. The number of allylic oxidation sites excluding steroid dienone is 1. The number of hydrogen-bond donors (Lipinski definition) is 2. The van der Waals surface area contributed by atoms with Crippen molar-refractivity contribution in [3.05, 3.63) is 41.7 Å². The monoisotopic (exact) mass is 346 g/mol. The first-order valence-electron chi connectivity index (χ1n) is 8.76. The Labute approximate surface area is 146 Å². The van der Waals surface area contributed by atoms with Crippen molar-refractivity contribution < 1.29 is 19.1 Å². The SMILES string of the molecule is O=C(O)[C@H]1CCCN(C(=O)NC2CC=C(c3ccc(F)cc3)CC2)C1. The largest absolute Gasteiger partial charge is 0.481 e. The maximum Gasteiger partial charge on any atom is 0.317 e. The van der Waals surface area contributed by atoms with Gasteiger partial charge in [0.05, 0.1) is 5.92 Å². The lowest BCUT2D eigenvalue weighted by atomic mass is 9.91. The van der Waals surface area contributed by atoms with Crippen molar-refractivity contribution in [1.82, 2.24) is 10.2 Å². The first-order chi connectivity index (χ1) is 12.0. The second kappa shape index (κ2) is 7.68. The third kappa shape index (κ3) is 4.38. The summed E-state index contributed by atoms with van der Waals surface area (Å²) in [5.74, 6) is -1.54. The van der Waals surface area contributed by atoms with Crippen LogP contribution in [-0.4, -0.2) is 41.1 Å². The Morgan fingerprint density at radius 3 is 2.60 bits per heavy atom. The van der Waals surface area contributed by atoms with Crippen LogP contribution in [0.25, 0.3) is 5.57 Å². The molecule has 1 heterocycles. The van der Waals surface area contributed by atoms with Gasteiger partial charge in [-0.3, -0.25) is 4.79 Å². The fraction of sp³-hybridized carbons (Fsp3) is 0.474. The molecular formula is C19H23FN2O3. The number of rotatable bonds is 3. The molecule has 0 saturated carbocycles. The van der Waals surface area contributed by atoms with Gasteiger partial charge in [-0.15, -0.1) is 0 Å². The highest BCUT2D eigenvalue weighted by molar-refractivity contribution is 5.77. The summed E-state index contributed by atoms with van der Waals surface area (Å²) in [5.41, 5.74) is 2.20. The van der Waals surface area contributed by atoms with Crippen molar-refractivity contribution in [2.24, 2.45) is 5.92 Å². The molecule has 1 aromatic rings. The fourth-order valence-corrected chi connectivity index (χ4v) is 3.52. The highest BCUT2D eigenvalue weighted by Crippen LogP contribution is 2.27. The van der Waals surface area contributed by atoms with E-state index >= 15 is 0 Å². The van der Waals surface area contributed by atoms with Gasteiger partial charge in [-0.25, -0.2) is 9.18 Å². The molecule has 1 unspecified atom stereocenters. The van der Waals surface area contributed by atoms with Gasteiger partial charge in [-0.1, -0.05) is 18.2 Å². The molecule has 25 heavy (non-hydrogen) atoms. The normalized spacial score (nSPS) is 23.7. The van der Waals surface area contributed by atoms with Crippen LogP contribution in [-0.2, 0) is 4.79 Å². The number of piperidine rings is 1. The maximum atomic E-state index is 13.0. The number of nitrogens with one attached hydrogen (secondary N) is 1. The van der Waals surface area contributed by atoms with E-state index in [-0.39, 0.29) is 24.4 Å². The van der Waals surface area contributed by atoms with Crippen LogP contribution in [0.5, 0.6) is 0 Å². The van der Waals surface area contributed by atoms with Crippen molar-refractivity contribution in [1.29, 1.82) is 0 Å². The van der Waals surface area contributed by atoms with Crippen LogP contribution in [0.1, 0.15) is 37.7 Å². The zero-order valence-electron chi connectivity index (χ0n) is 14.1. The first kappa shape index (κ1) is 17.5. The smallest absolute Gasteiger partial charge is 0.317 e. The number of hydrogen-bond acceptors (Lipinski definition) is 2. The number of carboxylic acids is 1. The third-order valence-electron chi connectivity index (χ3n) is 5.01. The van der Waals surface area contributed by atoms with Gasteiger partial charge >= 0.3 is 12.0 Å². The number of aliphatic carboxylic acids is 1. The minimum Gasteiger partial charge on any atom is -0.481 e. The van der Waals surface area contributed by atoms with E-state index in [0.29, 0.717) is 13.0 Å². The van der Waals surface area contributed by atoms with E-state index in [1.54, 1.807) is 17.0 Å². The molecule has 1 aromatic carbocycles. The predicted octanol–water partition coefficient (Wildman–Crippen LogP) is 3.27. The second-order valence-electron chi connectivity index (χ2n) is 6.78. The average molecular weight is 346 g/mol. The minimum atomic E-state index is -0.831. The quantitative estimate of drug-likeness (QED) is 0.882. The van der Waals surface area contributed by atoms with E-state index in [2.05, 4.69) is 11.4 Å². The highest BCUT2D eigenvalue weighted by Gasteiger charge is 2.29. The molecule has 2 N–H and O–H groups in total. The molecule has 1 fully saturated rings. The molecule has 5 nitrogen and oxygen atoms in total. The summed E-state index contributed by atoms with van der Waals surface area (Å²) in [4.78, 5) is 25.1. The van der Waals surface area contributed by atoms with Gasteiger partial charge in [-0.05, 0) is 55.4 Å². The molecule has 134 valence electrons. The number of halogens is 1. The summed E-state index contributed by atoms with van der Waals surface area (Å²) in [6.07, 6.45) is 5.84. The summed E-state index contributed by atoms with van der Waals surface area (Å²) in [5, 5.41) is 12.1. The van der Waals surface area contributed by atoms with E-state index in [1.807, 2.05) is 0 Å². The van der Waals surface area contributed by atoms with E-state index < -0.39 is 11.9 Å². The van der Waals surface area contributed by atoms with Gasteiger partial charge in [-0.2, -0.15) is 0 Å². The zero-order chi connectivity index (χ0) is 17.8. The number of likely N-dealkylation sites (tertiary alicyclic amines) is 1. The van der Waals surface area contributed by atoms with Crippen molar-refractivity contribution in [3.63, 3.8) is 0 Å². The minimum absolute atomic E-state index is 0.0573. The van der Waals surface area contributed by atoms with E-state index in [1.165, 1.54) is 17.7 Å². The van der Waals surface area contributed by atoms with Gasteiger partial charge < -0.3 is 15.3 Å². The van der Waals surface area contributed by atoms with Crippen LogP contribution in [0.3, 0.4) is 0 Å². The molecule has 1 saturated heterocycles. The number of benzene rings is 1. The Hall–Kier alpha value is -2.37. The zero-order valence-corrected chi connectivity index (χ0v) is 14.1. The van der Waals surface area contributed by atoms with Gasteiger partial charge in [0.15, 0.2) is 0 Å². The van der Waals surface area contributed by atoms with Crippen LogP contribution < -0.4 is 5.32 Å². The summed E-state index contributed by atoms with van der Waals surface area (Å²) >= 11 is 0. The van der Waals surface area contributed by atoms with E-state index in [0.717, 1.165) is 31.2 Å². The predicted molar refractivity (Wildman–Crippen MR) is 92.5 cm³/mol. The van der Waals surface area contributed by atoms with Crippen molar-refractivity contribution in [2.75, 3.05) is 13.1 Å². The Kier molecular flexibility index (Phi) is 5.36. The maximum absolute atomic E-state index is 13.0. The first-order valence-corrected chi connectivity index (χ1v) is 8.76. The molecule has 2 atom stereocenters. The Balaban J connectivity index is 1.53. The van der Waals surface area contributed by atoms with Crippen LogP contribution >= 0.6 is 0 Å². The number of amides is 2. The lowest BCUT2D eigenvalue weighted by Gasteiger charge is -2.33. The topological polar surface area (TPSA) is 69.6 Å². The molecule has 2 amide bonds. The highest BCUT2D eigenvalue weighted by atomic mass is 19.1. The van der Waals surface area contributed by atoms with E-state index in [4.69, 9.17) is 5.11 Å². The number of urea groups is 1. The molecular weight excluding hydrogens is 323 g/mol. The van der Waals surface area contributed by atoms with Gasteiger partial charge in [0.2, 0.25) is 0 Å². The Morgan fingerprint density at radius 1 is 1.20 bits per heavy atom. The molecule has 6 heteroatoms. The molecule has 0 aromatic heterocycles. The summed E-state index contributed by atoms with van der Waals surface area (Å²) in [6, 6.07) is 6.36. The average Bonchev–Trinajstić information content (AvgIpc) is 2.63. The van der Waals surface area contributed by atoms with Crippen molar-refractivity contribution in [3.8, 4) is 0 Å². The third-order valence-corrected chi connectivity index (χ3v) is 5.01. The number of carboxylic acid groups (broad SMARTS) is 1. The Morgan fingerprint density at radius 2 is 1.96 bits per heavy atom. The molecule has 0 spiro atoms. The molecule has 2 aliphatic rings. The summed E-state index contributed by atoms with van der Waals surface area (Å²) in [6.45, 7) is 0.892. The molecule has 0 radical (unpaired) electrons. The fourth-order valence-electron chi connectivity index (χ4n) is 3.52. The summed E-state index contributed by atoms with van der Waals surface area (Å²) in [7, 11) is 0. The van der Waals surface area contributed by atoms with Crippen molar-refractivity contribution >= 4 is 17.6 Å². The summed E-state index contributed by atoms with van der Waals surface area (Å²) < 4.78 is 13.0. The number of carbonyl (C=O) groups excluding carboxylic acids is 1. The van der Waals surface area contributed by atoms with Crippen LogP contribution in [0.2, 0.25) is 0 Å². The molecule has 1 aliphatic carbocycles. The van der Waals surface area contributed by atoms with Gasteiger partial charge in [0.1, 0.15) is 5.82 Å². The van der Waals surface area contributed by atoms with Crippen LogP contribution in [0, 0.1) is 11.7 Å².